The van der Waals surface area contributed by atoms with Crippen LogP contribution in [0.5, 0.6) is 0 Å². The van der Waals surface area contributed by atoms with Gasteiger partial charge in [-0.15, -0.1) is 6.42 Å². The summed E-state index contributed by atoms with van der Waals surface area (Å²) in [5.41, 5.74) is 0. The molecular formula is C6H9NOS3. The molecule has 1 unspecified atom stereocenters. The van der Waals surface area contributed by atoms with Crippen LogP contribution in [0.2, 0.25) is 0 Å². The van der Waals surface area contributed by atoms with E-state index in [9.17, 15) is 0 Å². The molecule has 11 heavy (non-hydrogen) atoms. The van der Waals surface area contributed by atoms with Crippen LogP contribution in [0.15, 0.2) is 0 Å². The normalized spacial score (nSPS) is 31.1. The molecule has 5 heteroatoms. The second-order valence-electron chi connectivity index (χ2n) is 2.32. The standard InChI is InChI=1S/C6H9NOS3/c1-3-6-4-5-7(2)11(9,10)8-6/h1,6H,4-5H2,2H3. The largest absolute Gasteiger partial charge is 0.282 e. The van der Waals surface area contributed by atoms with Crippen molar-refractivity contribution in [1.29, 1.82) is 0 Å². The molecule has 1 saturated heterocycles. The topological polar surface area (TPSA) is 12.5 Å². The highest BCUT2D eigenvalue weighted by Crippen LogP contribution is 2.15. The first kappa shape index (κ1) is 9.36. The van der Waals surface area contributed by atoms with Crippen LogP contribution in [0.1, 0.15) is 6.42 Å². The maximum atomic E-state index is 5.34. The molecule has 0 aromatic heterocycles. The summed E-state index contributed by atoms with van der Waals surface area (Å²) in [7, 11) is 0.0118. The van der Waals surface area contributed by atoms with Gasteiger partial charge in [-0.1, -0.05) is 5.92 Å². The van der Waals surface area contributed by atoms with E-state index in [-0.39, 0.29) is 6.10 Å². The molecule has 0 aliphatic carbocycles. The number of terminal acetylenes is 1. The maximum Gasteiger partial charge on any atom is 0.135 e. The summed E-state index contributed by atoms with van der Waals surface area (Å²) < 4.78 is 7.22. The average Bonchev–Trinajstić information content (AvgIpc) is 1.95. The lowest BCUT2D eigenvalue weighted by atomic mass is 10.3. The van der Waals surface area contributed by atoms with Crippen molar-refractivity contribution in [3.05, 3.63) is 0 Å². The first-order valence-electron chi connectivity index (χ1n) is 3.17. The molecule has 1 atom stereocenters. The summed E-state index contributed by atoms with van der Waals surface area (Å²) in [5.74, 6) is 2.52. The molecule has 0 bridgehead atoms. The fourth-order valence-electron chi connectivity index (χ4n) is 0.790. The Balaban J connectivity index is 2.77. The molecule has 0 N–H and O–H groups in total. The molecular weight excluding hydrogens is 198 g/mol. The van der Waals surface area contributed by atoms with Crippen molar-refractivity contribution >= 4 is 30.0 Å². The van der Waals surface area contributed by atoms with Gasteiger partial charge in [-0.2, -0.15) is 0 Å². The number of hydrogen-bond acceptors (Lipinski definition) is 3. The van der Waals surface area contributed by atoms with Gasteiger partial charge in [-0.25, -0.2) is 4.31 Å². The first-order valence-corrected chi connectivity index (χ1v) is 6.53. The SMILES string of the molecule is C#CC1CCN(C)S(=S)(=S)O1. The molecule has 0 spiro atoms. The van der Waals surface area contributed by atoms with Crippen LogP contribution in [-0.4, -0.2) is 24.0 Å². The van der Waals surface area contributed by atoms with E-state index in [0.29, 0.717) is 0 Å². The van der Waals surface area contributed by atoms with E-state index in [0.717, 1.165) is 13.0 Å². The van der Waals surface area contributed by atoms with E-state index in [1.165, 1.54) is 0 Å². The zero-order valence-corrected chi connectivity index (χ0v) is 8.60. The van der Waals surface area contributed by atoms with Crippen molar-refractivity contribution < 1.29 is 4.18 Å². The summed E-state index contributed by atoms with van der Waals surface area (Å²) >= 11 is 10.1. The van der Waals surface area contributed by atoms with Gasteiger partial charge in [0.1, 0.15) is 6.10 Å². The zero-order valence-electron chi connectivity index (χ0n) is 6.15. The molecule has 62 valence electrons. The van der Waals surface area contributed by atoms with Crippen LogP contribution < -0.4 is 0 Å². The zero-order chi connectivity index (χ0) is 8.48. The second-order valence-corrected chi connectivity index (χ2v) is 7.33. The Bertz CT molecular complexity index is 277. The van der Waals surface area contributed by atoms with Crippen LogP contribution in [0.4, 0.5) is 0 Å². The van der Waals surface area contributed by atoms with Crippen LogP contribution >= 0.6 is 0 Å². The van der Waals surface area contributed by atoms with Crippen LogP contribution in [-0.2, 0) is 34.2 Å². The predicted octanol–water partition coefficient (Wildman–Crippen LogP) is 0.248. The van der Waals surface area contributed by atoms with Gasteiger partial charge in [0.25, 0.3) is 0 Å². The van der Waals surface area contributed by atoms with Gasteiger partial charge in [0, 0.05) is 6.54 Å². The van der Waals surface area contributed by atoms with Crippen molar-refractivity contribution in [1.82, 2.24) is 4.31 Å². The maximum absolute atomic E-state index is 5.34. The van der Waals surface area contributed by atoms with Gasteiger partial charge in [0.2, 0.25) is 0 Å². The van der Waals surface area contributed by atoms with Gasteiger partial charge < -0.3 is 0 Å². The predicted molar refractivity (Wildman–Crippen MR) is 53.0 cm³/mol. The van der Waals surface area contributed by atoms with Gasteiger partial charge in [0.15, 0.2) is 0 Å². The Morgan fingerprint density at radius 2 is 2.36 bits per heavy atom. The minimum atomic E-state index is -1.87. The van der Waals surface area contributed by atoms with Gasteiger partial charge in [0.05, 0.1) is 7.61 Å². The monoisotopic (exact) mass is 207 g/mol. The minimum Gasteiger partial charge on any atom is -0.282 e. The van der Waals surface area contributed by atoms with Crippen LogP contribution in [0, 0.1) is 12.3 Å². The lowest BCUT2D eigenvalue weighted by Gasteiger charge is -2.30. The van der Waals surface area contributed by atoms with Crippen molar-refractivity contribution in [2.75, 3.05) is 13.6 Å². The lowest BCUT2D eigenvalue weighted by Crippen LogP contribution is -2.38. The first-order chi connectivity index (χ1) is 5.06. The van der Waals surface area contributed by atoms with E-state index < -0.39 is 7.61 Å². The van der Waals surface area contributed by atoms with Gasteiger partial charge >= 0.3 is 0 Å². The van der Waals surface area contributed by atoms with E-state index >= 15 is 0 Å². The number of hydrogen-bond donors (Lipinski definition) is 0. The summed E-state index contributed by atoms with van der Waals surface area (Å²) in [6.45, 7) is 0.844. The van der Waals surface area contributed by atoms with Gasteiger partial charge in [-0.3, -0.25) is 4.18 Å². The highest BCUT2D eigenvalue weighted by Gasteiger charge is 2.22. The fourth-order valence-corrected chi connectivity index (χ4v) is 2.73. The summed E-state index contributed by atoms with van der Waals surface area (Å²) in [6, 6.07) is 0. The smallest absolute Gasteiger partial charge is 0.135 e. The molecule has 1 rings (SSSR count). The molecule has 0 radical (unpaired) electrons. The molecule has 1 heterocycles. The third kappa shape index (κ3) is 2.10. The Labute approximate surface area is 77.1 Å². The summed E-state index contributed by atoms with van der Waals surface area (Å²) in [5, 5.41) is 0. The van der Waals surface area contributed by atoms with E-state index in [1.54, 1.807) is 0 Å². The van der Waals surface area contributed by atoms with Gasteiger partial charge in [-0.05, 0) is 35.8 Å². The Kier molecular flexibility index (Phi) is 2.84. The van der Waals surface area contributed by atoms with Crippen molar-refractivity contribution in [3.8, 4) is 12.3 Å². The molecule has 1 fully saturated rings. The molecule has 0 amide bonds. The Morgan fingerprint density at radius 3 is 2.82 bits per heavy atom. The minimum absolute atomic E-state index is 0.170. The molecule has 1 aliphatic heterocycles. The summed E-state index contributed by atoms with van der Waals surface area (Å²) in [4.78, 5) is 0. The number of rotatable bonds is 0. The quantitative estimate of drug-likeness (QED) is 0.528. The van der Waals surface area contributed by atoms with Crippen LogP contribution in [0.3, 0.4) is 0 Å². The molecule has 0 aromatic rings. The lowest BCUT2D eigenvalue weighted by molar-refractivity contribution is 0.227. The Hall–Kier alpha value is 0.270. The van der Waals surface area contributed by atoms with E-state index in [4.69, 9.17) is 33.0 Å². The molecule has 1 aliphatic rings. The molecule has 2 nitrogen and oxygen atoms in total. The number of nitrogens with zero attached hydrogens (tertiary/aromatic N) is 1. The van der Waals surface area contributed by atoms with Crippen molar-refractivity contribution in [3.63, 3.8) is 0 Å². The Morgan fingerprint density at radius 1 is 1.73 bits per heavy atom. The second kappa shape index (κ2) is 3.33. The average molecular weight is 207 g/mol. The van der Waals surface area contributed by atoms with E-state index in [1.807, 2.05) is 11.4 Å². The van der Waals surface area contributed by atoms with Crippen molar-refractivity contribution in [2.24, 2.45) is 0 Å². The third-order valence-electron chi connectivity index (χ3n) is 1.51. The molecule has 0 saturated carbocycles. The summed E-state index contributed by atoms with van der Waals surface area (Å²) in [6.07, 6.45) is 5.86. The van der Waals surface area contributed by atoms with Crippen molar-refractivity contribution in [2.45, 2.75) is 12.5 Å². The van der Waals surface area contributed by atoms with Crippen LogP contribution in [0.25, 0.3) is 0 Å². The van der Waals surface area contributed by atoms with E-state index in [2.05, 4.69) is 5.92 Å². The fraction of sp³-hybridized carbons (Fsp3) is 0.667. The highest BCUT2D eigenvalue weighted by atomic mass is 33.1. The highest BCUT2D eigenvalue weighted by molar-refractivity contribution is 8.53. The molecule has 0 aromatic carbocycles. The third-order valence-corrected chi connectivity index (χ3v) is 4.93.